The Bertz CT molecular complexity index is 972. The van der Waals surface area contributed by atoms with Gasteiger partial charge in [0.15, 0.2) is 5.78 Å². The zero-order valence-electron chi connectivity index (χ0n) is 16.3. The molecule has 1 aliphatic heterocycles. The average Bonchev–Trinajstić information content (AvgIpc) is 3.20. The highest BCUT2D eigenvalue weighted by Gasteiger charge is 2.34. The zero-order chi connectivity index (χ0) is 21.0. The molecule has 1 amide bonds. The Morgan fingerprint density at radius 3 is 2.45 bits per heavy atom. The molecule has 1 atom stereocenters. The van der Waals surface area contributed by atoms with Crippen molar-refractivity contribution in [3.63, 3.8) is 0 Å². The number of amides is 1. The number of carbonyl (C=O) groups is 3. The van der Waals surface area contributed by atoms with E-state index in [1.165, 1.54) is 27.2 Å². The summed E-state index contributed by atoms with van der Waals surface area (Å²) in [6.45, 7) is 1.47. The van der Waals surface area contributed by atoms with Crippen molar-refractivity contribution in [2.75, 3.05) is 24.5 Å². The van der Waals surface area contributed by atoms with E-state index in [-0.39, 0.29) is 29.2 Å². The Hall–Kier alpha value is -3.68. The van der Waals surface area contributed by atoms with E-state index in [0.717, 1.165) is 5.69 Å². The van der Waals surface area contributed by atoms with Crippen LogP contribution in [0.5, 0.6) is 5.75 Å². The highest BCUT2D eigenvalue weighted by atomic mass is 16.5. The van der Waals surface area contributed by atoms with Crippen LogP contribution in [-0.4, -0.2) is 43.6 Å². The van der Waals surface area contributed by atoms with Gasteiger partial charge in [-0.25, -0.2) is 4.79 Å². The molecule has 1 aliphatic rings. The summed E-state index contributed by atoms with van der Waals surface area (Å²) in [5.41, 5.74) is 1.33. The summed E-state index contributed by atoms with van der Waals surface area (Å²) in [5.74, 6) is -0.751. The van der Waals surface area contributed by atoms with E-state index in [4.69, 9.17) is 9.47 Å². The first-order valence-corrected chi connectivity index (χ1v) is 8.94. The molecule has 29 heavy (non-hydrogen) atoms. The molecule has 150 valence electrons. The molecule has 1 heterocycles. The summed E-state index contributed by atoms with van der Waals surface area (Å²) in [7, 11) is 2.73. The van der Waals surface area contributed by atoms with Crippen LogP contribution in [0.3, 0.4) is 0 Å². The van der Waals surface area contributed by atoms with Gasteiger partial charge in [-0.05, 0) is 37.3 Å². The topological polar surface area (TPSA) is 97.3 Å². The van der Waals surface area contributed by atoms with Crippen LogP contribution >= 0.6 is 0 Å². The van der Waals surface area contributed by atoms with Crippen LogP contribution in [0.15, 0.2) is 53.6 Å². The number of nitrogens with zero attached hydrogens (tertiary/aromatic N) is 2. The van der Waals surface area contributed by atoms with E-state index in [2.05, 4.69) is 10.4 Å². The number of anilines is 2. The summed E-state index contributed by atoms with van der Waals surface area (Å²) >= 11 is 0. The molecule has 0 aliphatic carbocycles. The molecule has 0 fully saturated rings. The minimum atomic E-state index is -0.611. The van der Waals surface area contributed by atoms with E-state index in [0.29, 0.717) is 5.75 Å². The minimum Gasteiger partial charge on any atom is -0.497 e. The van der Waals surface area contributed by atoms with Gasteiger partial charge in [-0.2, -0.15) is 5.10 Å². The second kappa shape index (κ2) is 8.55. The van der Waals surface area contributed by atoms with Crippen LogP contribution in [0.1, 0.15) is 23.7 Å². The lowest BCUT2D eigenvalue weighted by Crippen LogP contribution is -2.33. The molecule has 2 aromatic rings. The first-order chi connectivity index (χ1) is 13.9. The molecule has 1 N–H and O–H groups in total. The second-order valence-corrected chi connectivity index (χ2v) is 6.41. The van der Waals surface area contributed by atoms with Gasteiger partial charge in [0.25, 0.3) is 5.91 Å². The van der Waals surface area contributed by atoms with Gasteiger partial charge in [0.05, 0.1) is 31.2 Å². The Morgan fingerprint density at radius 2 is 1.83 bits per heavy atom. The molecule has 0 spiro atoms. The van der Waals surface area contributed by atoms with Crippen LogP contribution in [0.2, 0.25) is 0 Å². The number of hydrogen-bond acceptors (Lipinski definition) is 7. The third-order valence-corrected chi connectivity index (χ3v) is 4.54. The van der Waals surface area contributed by atoms with Crippen molar-refractivity contribution >= 4 is 34.7 Å². The van der Waals surface area contributed by atoms with Crippen molar-refractivity contribution in [1.29, 1.82) is 0 Å². The van der Waals surface area contributed by atoms with Crippen LogP contribution in [-0.2, 0) is 14.3 Å². The standard InChI is InChI=1S/C21H21N3O5/c1-13(25)19-12-18(23-24(19)14-7-5-4-6-8-14)20(26)22-17-10-9-15(28-2)11-16(17)21(27)29-3/h4-11,19H,12H2,1-3H3,(H,22,26). The number of benzene rings is 2. The van der Waals surface area contributed by atoms with Crippen molar-refractivity contribution in [3.05, 3.63) is 54.1 Å². The molecule has 0 saturated carbocycles. The van der Waals surface area contributed by atoms with Crippen LogP contribution in [0.25, 0.3) is 0 Å². The van der Waals surface area contributed by atoms with E-state index in [1.54, 1.807) is 17.1 Å². The quantitative estimate of drug-likeness (QED) is 0.756. The molecule has 2 aromatic carbocycles. The second-order valence-electron chi connectivity index (χ2n) is 6.41. The summed E-state index contributed by atoms with van der Waals surface area (Å²) in [6, 6.07) is 13.3. The van der Waals surface area contributed by atoms with Crippen LogP contribution in [0.4, 0.5) is 11.4 Å². The van der Waals surface area contributed by atoms with E-state index in [9.17, 15) is 14.4 Å². The van der Waals surface area contributed by atoms with Gasteiger partial charge in [-0.1, -0.05) is 18.2 Å². The number of carbonyl (C=O) groups excluding carboxylic acids is 3. The highest BCUT2D eigenvalue weighted by Crippen LogP contribution is 2.27. The molecule has 0 saturated heterocycles. The largest absolute Gasteiger partial charge is 0.497 e. The van der Waals surface area contributed by atoms with Gasteiger partial charge in [0, 0.05) is 6.42 Å². The number of hydrazone groups is 1. The molecule has 0 aromatic heterocycles. The van der Waals surface area contributed by atoms with Gasteiger partial charge >= 0.3 is 5.97 Å². The predicted molar refractivity (Wildman–Crippen MR) is 108 cm³/mol. The van der Waals surface area contributed by atoms with Crippen LogP contribution < -0.4 is 15.1 Å². The fourth-order valence-electron chi connectivity index (χ4n) is 3.02. The number of ether oxygens (including phenoxy) is 2. The number of nitrogens with one attached hydrogen (secondary N) is 1. The number of rotatable bonds is 6. The fourth-order valence-corrected chi connectivity index (χ4v) is 3.02. The monoisotopic (exact) mass is 395 g/mol. The Balaban J connectivity index is 1.87. The summed E-state index contributed by atoms with van der Waals surface area (Å²) in [4.78, 5) is 37.0. The van der Waals surface area contributed by atoms with Crippen LogP contribution in [0, 0.1) is 0 Å². The third-order valence-electron chi connectivity index (χ3n) is 4.54. The highest BCUT2D eigenvalue weighted by molar-refractivity contribution is 6.44. The van der Waals surface area contributed by atoms with E-state index >= 15 is 0 Å². The molecule has 1 unspecified atom stereocenters. The third kappa shape index (κ3) is 4.26. The zero-order valence-corrected chi connectivity index (χ0v) is 16.3. The predicted octanol–water partition coefficient (Wildman–Crippen LogP) is 2.64. The number of methoxy groups -OCH3 is 2. The average molecular weight is 395 g/mol. The smallest absolute Gasteiger partial charge is 0.340 e. The molecule has 0 radical (unpaired) electrons. The van der Waals surface area contributed by atoms with Crippen molar-refractivity contribution in [2.45, 2.75) is 19.4 Å². The van der Waals surface area contributed by atoms with Crippen molar-refractivity contribution in [1.82, 2.24) is 0 Å². The van der Waals surface area contributed by atoms with Gasteiger partial charge in [0.1, 0.15) is 17.5 Å². The maximum Gasteiger partial charge on any atom is 0.340 e. The first-order valence-electron chi connectivity index (χ1n) is 8.94. The Morgan fingerprint density at radius 1 is 1.10 bits per heavy atom. The van der Waals surface area contributed by atoms with Gasteiger partial charge in [-0.3, -0.25) is 14.6 Å². The molecule has 0 bridgehead atoms. The maximum atomic E-state index is 12.8. The van der Waals surface area contributed by atoms with Gasteiger partial charge in [0.2, 0.25) is 0 Å². The summed E-state index contributed by atoms with van der Waals surface area (Å²) in [6.07, 6.45) is 0.166. The van der Waals surface area contributed by atoms with E-state index in [1.807, 2.05) is 30.3 Å². The molecular weight excluding hydrogens is 374 g/mol. The SMILES string of the molecule is COC(=O)c1cc(OC)ccc1NC(=O)C1=NN(c2ccccc2)C(C(C)=O)C1. The molecule has 8 heteroatoms. The number of ketones is 1. The molecular formula is C21H21N3O5. The lowest BCUT2D eigenvalue weighted by atomic mass is 10.1. The van der Waals surface area contributed by atoms with Crippen molar-refractivity contribution in [2.24, 2.45) is 5.10 Å². The van der Waals surface area contributed by atoms with Crippen molar-refractivity contribution in [3.8, 4) is 5.75 Å². The van der Waals surface area contributed by atoms with Gasteiger partial charge in [-0.15, -0.1) is 0 Å². The Kier molecular flexibility index (Phi) is 5.92. The normalized spacial score (nSPS) is 15.5. The number of hydrogen-bond donors (Lipinski definition) is 1. The molecule has 8 nitrogen and oxygen atoms in total. The Labute approximate surface area is 168 Å². The minimum absolute atomic E-state index is 0.0971. The molecule has 3 rings (SSSR count). The lowest BCUT2D eigenvalue weighted by Gasteiger charge is -2.20. The lowest BCUT2D eigenvalue weighted by molar-refractivity contribution is -0.118. The summed E-state index contributed by atoms with van der Waals surface area (Å²) in [5, 5.41) is 8.60. The fraction of sp³-hybridized carbons (Fsp3) is 0.238. The number of para-hydroxylation sites is 1. The number of Topliss-reactive ketones (excluding diaryl/α,β-unsaturated/α-hetero) is 1. The first kappa shape index (κ1) is 20.1. The number of esters is 1. The van der Waals surface area contributed by atoms with Crippen molar-refractivity contribution < 1.29 is 23.9 Å². The maximum absolute atomic E-state index is 12.8. The summed E-state index contributed by atoms with van der Waals surface area (Å²) < 4.78 is 9.90. The van der Waals surface area contributed by atoms with E-state index < -0.39 is 17.9 Å². The van der Waals surface area contributed by atoms with Gasteiger partial charge < -0.3 is 14.8 Å².